The number of aromatic nitrogens is 1. The fourth-order valence-corrected chi connectivity index (χ4v) is 3.24. The Morgan fingerprint density at radius 1 is 1.37 bits per heavy atom. The normalized spacial score (nSPS) is 14.8. The summed E-state index contributed by atoms with van der Waals surface area (Å²) in [5.41, 5.74) is 1.82. The first-order chi connectivity index (χ1) is 13.2. The Balaban J connectivity index is 1.48. The van der Waals surface area contributed by atoms with Gasteiger partial charge in [-0.15, -0.1) is 11.3 Å². The van der Waals surface area contributed by atoms with Gasteiger partial charge in [-0.25, -0.2) is 4.98 Å². The molecular formula is C19H20N4O3S. The maximum Gasteiger partial charge on any atom is 0.250 e. The third-order valence-electron chi connectivity index (χ3n) is 3.88. The van der Waals surface area contributed by atoms with Crippen molar-refractivity contribution in [2.75, 3.05) is 38.2 Å². The first-order valence-electron chi connectivity index (χ1n) is 8.56. The van der Waals surface area contributed by atoms with Crippen LogP contribution in [-0.2, 0) is 16.1 Å². The molecule has 1 amide bonds. The first kappa shape index (κ1) is 19.0. The van der Waals surface area contributed by atoms with Crippen molar-refractivity contribution in [3.8, 4) is 11.8 Å². The summed E-state index contributed by atoms with van der Waals surface area (Å²) >= 11 is 1.42. The summed E-state index contributed by atoms with van der Waals surface area (Å²) < 4.78 is 10.5. The van der Waals surface area contributed by atoms with E-state index in [0.717, 1.165) is 44.1 Å². The van der Waals surface area contributed by atoms with Crippen molar-refractivity contribution in [3.63, 3.8) is 0 Å². The van der Waals surface area contributed by atoms with Crippen LogP contribution in [0.25, 0.3) is 6.08 Å². The molecule has 0 spiro atoms. The van der Waals surface area contributed by atoms with Gasteiger partial charge in [0.1, 0.15) is 11.8 Å². The minimum Gasteiger partial charge on any atom is -0.479 e. The van der Waals surface area contributed by atoms with E-state index in [1.165, 1.54) is 17.4 Å². The summed E-state index contributed by atoms with van der Waals surface area (Å²) in [4.78, 5) is 18.8. The zero-order chi connectivity index (χ0) is 18.9. The van der Waals surface area contributed by atoms with E-state index in [4.69, 9.17) is 14.7 Å². The molecule has 2 heterocycles. The predicted octanol–water partition coefficient (Wildman–Crippen LogP) is 2.53. The van der Waals surface area contributed by atoms with Crippen molar-refractivity contribution >= 4 is 28.5 Å². The summed E-state index contributed by atoms with van der Waals surface area (Å²) in [6.07, 6.45) is 3.18. The average Bonchev–Trinajstić information content (AvgIpc) is 3.13. The van der Waals surface area contributed by atoms with Crippen molar-refractivity contribution in [1.82, 2.24) is 9.88 Å². The van der Waals surface area contributed by atoms with Gasteiger partial charge in [-0.2, -0.15) is 5.26 Å². The number of nitrogens with one attached hydrogen (secondary N) is 1. The molecule has 1 aliphatic rings. The van der Waals surface area contributed by atoms with Crippen LogP contribution in [0.2, 0.25) is 0 Å². The molecule has 1 aromatic carbocycles. The van der Waals surface area contributed by atoms with E-state index in [-0.39, 0.29) is 12.5 Å². The topological polar surface area (TPSA) is 87.5 Å². The number of ether oxygens (including phenoxy) is 2. The number of carbonyl (C=O) groups is 1. The Morgan fingerprint density at radius 3 is 2.89 bits per heavy atom. The molecule has 2 aromatic rings. The third-order valence-corrected chi connectivity index (χ3v) is 4.69. The van der Waals surface area contributed by atoms with Gasteiger partial charge in [-0.3, -0.25) is 15.0 Å². The second-order valence-corrected chi connectivity index (χ2v) is 6.73. The van der Waals surface area contributed by atoms with Crippen molar-refractivity contribution < 1.29 is 14.3 Å². The second kappa shape index (κ2) is 9.83. The molecule has 0 unspecified atom stereocenters. The highest BCUT2D eigenvalue weighted by molar-refractivity contribution is 7.13. The van der Waals surface area contributed by atoms with E-state index in [9.17, 15) is 4.79 Å². The Bertz CT molecular complexity index is 820. The quantitative estimate of drug-likeness (QED) is 0.738. The zero-order valence-corrected chi connectivity index (χ0v) is 15.6. The molecule has 1 N–H and O–H groups in total. The summed E-state index contributed by atoms with van der Waals surface area (Å²) in [7, 11) is 0. The van der Waals surface area contributed by atoms with Gasteiger partial charge in [0.25, 0.3) is 0 Å². The Labute approximate surface area is 161 Å². The highest BCUT2D eigenvalue weighted by atomic mass is 32.1. The Kier molecular flexibility index (Phi) is 6.93. The van der Waals surface area contributed by atoms with Gasteiger partial charge in [0.15, 0.2) is 11.7 Å². The largest absolute Gasteiger partial charge is 0.479 e. The van der Waals surface area contributed by atoms with Crippen LogP contribution < -0.4 is 10.1 Å². The van der Waals surface area contributed by atoms with E-state index in [1.54, 1.807) is 18.2 Å². The molecule has 1 saturated heterocycles. The van der Waals surface area contributed by atoms with Crippen LogP contribution in [0, 0.1) is 11.3 Å². The van der Waals surface area contributed by atoms with Crippen molar-refractivity contribution in [2.24, 2.45) is 0 Å². The molecule has 7 nitrogen and oxygen atoms in total. The molecule has 3 rings (SSSR count). The highest BCUT2D eigenvalue weighted by Gasteiger charge is 2.13. The minimum absolute atomic E-state index is 0.0128. The van der Waals surface area contributed by atoms with Crippen molar-refractivity contribution in [3.05, 3.63) is 47.0 Å². The van der Waals surface area contributed by atoms with E-state index < -0.39 is 0 Å². The number of hydrogen-bond donors (Lipinski definition) is 1. The Morgan fingerprint density at radius 2 is 2.15 bits per heavy atom. The molecule has 1 aromatic heterocycles. The molecular weight excluding hydrogens is 364 g/mol. The number of thiazole rings is 1. The summed E-state index contributed by atoms with van der Waals surface area (Å²) in [6, 6.07) is 9.07. The van der Waals surface area contributed by atoms with Gasteiger partial charge >= 0.3 is 0 Å². The standard InChI is InChI=1S/C19H20N4O3S/c20-7-10-26-17-4-1-15(2-5-17)3-6-18(24)22-19-21-16(14-27-19)13-23-8-11-25-12-9-23/h1-6,14H,8-13H2,(H,21,22,24)/b6-3+. The number of benzene rings is 1. The minimum atomic E-state index is -0.230. The maximum absolute atomic E-state index is 12.1. The molecule has 0 aliphatic carbocycles. The number of nitriles is 1. The number of rotatable bonds is 7. The Hall–Kier alpha value is -2.73. The van der Waals surface area contributed by atoms with Crippen LogP contribution in [0.15, 0.2) is 35.7 Å². The van der Waals surface area contributed by atoms with Gasteiger partial charge in [-0.05, 0) is 23.8 Å². The number of hydrogen-bond acceptors (Lipinski definition) is 7. The van der Waals surface area contributed by atoms with E-state index in [1.807, 2.05) is 23.6 Å². The lowest BCUT2D eigenvalue weighted by Gasteiger charge is -2.25. The van der Waals surface area contributed by atoms with Crippen LogP contribution in [0.5, 0.6) is 5.75 Å². The lowest BCUT2D eigenvalue weighted by molar-refractivity contribution is -0.111. The van der Waals surface area contributed by atoms with Crippen LogP contribution in [0.1, 0.15) is 11.3 Å². The van der Waals surface area contributed by atoms with E-state index >= 15 is 0 Å². The van der Waals surface area contributed by atoms with E-state index in [2.05, 4.69) is 15.2 Å². The van der Waals surface area contributed by atoms with Gasteiger partial charge in [0, 0.05) is 31.1 Å². The average molecular weight is 384 g/mol. The SMILES string of the molecule is N#CCOc1ccc(/C=C/C(=O)Nc2nc(CN3CCOCC3)cs2)cc1. The lowest BCUT2D eigenvalue weighted by atomic mass is 10.2. The lowest BCUT2D eigenvalue weighted by Crippen LogP contribution is -2.35. The number of anilines is 1. The van der Waals surface area contributed by atoms with E-state index in [0.29, 0.717) is 10.9 Å². The molecule has 0 atom stereocenters. The molecule has 0 bridgehead atoms. The van der Waals surface area contributed by atoms with Crippen molar-refractivity contribution in [2.45, 2.75) is 6.54 Å². The molecule has 1 fully saturated rings. The number of carbonyl (C=O) groups excluding carboxylic acids is 1. The van der Waals surface area contributed by atoms with Crippen LogP contribution in [0.3, 0.4) is 0 Å². The van der Waals surface area contributed by atoms with Gasteiger partial charge in [0.05, 0.1) is 18.9 Å². The number of amides is 1. The van der Waals surface area contributed by atoms with Crippen LogP contribution in [-0.4, -0.2) is 48.7 Å². The number of morpholine rings is 1. The van der Waals surface area contributed by atoms with Crippen molar-refractivity contribution in [1.29, 1.82) is 5.26 Å². The van der Waals surface area contributed by atoms with Crippen LogP contribution in [0.4, 0.5) is 5.13 Å². The molecule has 8 heteroatoms. The van der Waals surface area contributed by atoms with Gasteiger partial charge in [0.2, 0.25) is 5.91 Å². The maximum atomic E-state index is 12.1. The smallest absolute Gasteiger partial charge is 0.250 e. The summed E-state index contributed by atoms with van der Waals surface area (Å²) in [5, 5.41) is 13.8. The van der Waals surface area contributed by atoms with Gasteiger partial charge in [-0.1, -0.05) is 12.1 Å². The third kappa shape index (κ3) is 6.18. The summed E-state index contributed by atoms with van der Waals surface area (Å²) in [5.74, 6) is 0.390. The molecule has 27 heavy (non-hydrogen) atoms. The van der Waals surface area contributed by atoms with Crippen LogP contribution >= 0.6 is 11.3 Å². The van der Waals surface area contributed by atoms with Gasteiger partial charge < -0.3 is 9.47 Å². The molecule has 140 valence electrons. The fourth-order valence-electron chi connectivity index (χ4n) is 2.54. The molecule has 1 aliphatic heterocycles. The molecule has 0 saturated carbocycles. The highest BCUT2D eigenvalue weighted by Crippen LogP contribution is 2.18. The fraction of sp³-hybridized carbons (Fsp3) is 0.316. The first-order valence-corrected chi connectivity index (χ1v) is 9.44. The predicted molar refractivity (Wildman–Crippen MR) is 103 cm³/mol. The monoisotopic (exact) mass is 384 g/mol. The second-order valence-electron chi connectivity index (χ2n) is 5.87. The molecule has 0 radical (unpaired) electrons. The summed E-state index contributed by atoms with van der Waals surface area (Å²) in [6.45, 7) is 4.10. The number of nitrogens with zero attached hydrogens (tertiary/aromatic N) is 3. The zero-order valence-electron chi connectivity index (χ0n) is 14.8.